The van der Waals surface area contributed by atoms with Crippen molar-refractivity contribution in [3.05, 3.63) is 11.1 Å². The van der Waals surface area contributed by atoms with Gasteiger partial charge in [-0.3, -0.25) is 19.6 Å². The van der Waals surface area contributed by atoms with Gasteiger partial charge in [0, 0.05) is 32.5 Å². The third-order valence-electron chi connectivity index (χ3n) is 3.06. The highest BCUT2D eigenvalue weighted by molar-refractivity contribution is 7.95. The van der Waals surface area contributed by atoms with Crippen LogP contribution in [-0.2, 0) is 19.4 Å². The molecule has 0 radical (unpaired) electrons. The van der Waals surface area contributed by atoms with Gasteiger partial charge in [0.25, 0.3) is 0 Å². The molecule has 0 saturated carbocycles. The van der Waals surface area contributed by atoms with E-state index in [-0.39, 0.29) is 29.9 Å². The zero-order chi connectivity index (χ0) is 15.6. The first kappa shape index (κ1) is 15.5. The van der Waals surface area contributed by atoms with Crippen LogP contribution in [0.1, 0.15) is 13.3 Å². The van der Waals surface area contributed by atoms with E-state index in [1.807, 2.05) is 0 Å². The van der Waals surface area contributed by atoms with E-state index in [2.05, 4.69) is 4.99 Å². The first-order valence-corrected chi connectivity index (χ1v) is 8.38. The quantitative estimate of drug-likeness (QED) is 0.679. The number of nitrogens with zero attached hydrogens (tertiary/aromatic N) is 3. The minimum absolute atomic E-state index is 0.00886. The summed E-state index contributed by atoms with van der Waals surface area (Å²) < 4.78 is 28.5. The van der Waals surface area contributed by atoms with Crippen LogP contribution in [0.2, 0.25) is 0 Å². The highest BCUT2D eigenvalue weighted by Crippen LogP contribution is 2.22. The molecule has 0 saturated heterocycles. The molecule has 0 atom stereocenters. The maximum absolute atomic E-state index is 12.3. The molecular weight excluding hydrogens is 298 g/mol. The summed E-state index contributed by atoms with van der Waals surface area (Å²) in [5.41, 5.74) is 0. The lowest BCUT2D eigenvalue weighted by atomic mass is 10.2. The number of aliphatic imine (C=N–C) groups is 1. The Morgan fingerprint density at radius 1 is 1.48 bits per heavy atom. The number of amidine groups is 1. The van der Waals surface area contributed by atoms with Crippen LogP contribution in [0.15, 0.2) is 16.1 Å². The average Bonchev–Trinajstić information content (AvgIpc) is 2.40. The molecule has 0 aliphatic carbocycles. The third kappa shape index (κ3) is 3.41. The van der Waals surface area contributed by atoms with Crippen molar-refractivity contribution in [3.8, 4) is 0 Å². The number of sulfone groups is 1. The molecule has 0 unspecified atom stereocenters. The van der Waals surface area contributed by atoms with Gasteiger partial charge in [0.2, 0.25) is 0 Å². The summed E-state index contributed by atoms with van der Waals surface area (Å²) in [5.74, 6) is -0.246. The largest absolute Gasteiger partial charge is 0.464 e. The molecule has 0 fully saturated rings. The number of amides is 2. The van der Waals surface area contributed by atoms with Crippen molar-refractivity contribution in [3.63, 3.8) is 0 Å². The van der Waals surface area contributed by atoms with Gasteiger partial charge in [0.05, 0.1) is 6.54 Å². The van der Waals surface area contributed by atoms with Crippen LogP contribution in [-0.4, -0.2) is 68.6 Å². The van der Waals surface area contributed by atoms with E-state index >= 15 is 0 Å². The molecule has 8 nitrogen and oxygen atoms in total. The molecule has 0 aromatic carbocycles. The third-order valence-corrected chi connectivity index (χ3v) is 4.15. The molecule has 2 rings (SSSR count). The van der Waals surface area contributed by atoms with Gasteiger partial charge < -0.3 is 4.74 Å². The van der Waals surface area contributed by atoms with E-state index in [9.17, 15) is 18.0 Å². The second-order valence-electron chi connectivity index (χ2n) is 4.79. The Hall–Kier alpha value is -1.90. The summed E-state index contributed by atoms with van der Waals surface area (Å²) in [7, 11) is -3.51. The smallest absolute Gasteiger partial charge is 0.329 e. The molecule has 0 spiro atoms. The van der Waals surface area contributed by atoms with Crippen molar-refractivity contribution >= 4 is 27.7 Å². The zero-order valence-electron chi connectivity index (χ0n) is 11.9. The van der Waals surface area contributed by atoms with Crippen LogP contribution in [0.5, 0.6) is 0 Å². The minimum Gasteiger partial charge on any atom is -0.464 e. The number of urea groups is 1. The highest BCUT2D eigenvalue weighted by atomic mass is 32.2. The second-order valence-corrected chi connectivity index (χ2v) is 6.78. The number of carbonyl (C=O) groups is 2. The van der Waals surface area contributed by atoms with Crippen LogP contribution in [0.25, 0.3) is 0 Å². The van der Waals surface area contributed by atoms with Crippen molar-refractivity contribution in [2.75, 3.05) is 32.5 Å². The molecule has 116 valence electrons. The maximum Gasteiger partial charge on any atom is 0.329 e. The lowest BCUT2D eigenvalue weighted by Gasteiger charge is -2.36. The second kappa shape index (κ2) is 5.84. The molecule has 0 bridgehead atoms. The van der Waals surface area contributed by atoms with Gasteiger partial charge in [-0.05, 0) is 6.42 Å². The van der Waals surface area contributed by atoms with E-state index < -0.39 is 15.8 Å². The maximum atomic E-state index is 12.3. The van der Waals surface area contributed by atoms with Crippen molar-refractivity contribution in [2.24, 2.45) is 4.99 Å². The predicted octanol–water partition coefficient (Wildman–Crippen LogP) is -0.0247. The summed E-state index contributed by atoms with van der Waals surface area (Å²) in [6, 6.07) is -0.354. The first-order chi connectivity index (χ1) is 9.80. The Kier molecular flexibility index (Phi) is 4.31. The fraction of sp³-hybridized carbons (Fsp3) is 0.583. The Morgan fingerprint density at radius 2 is 2.19 bits per heavy atom. The molecule has 0 aromatic rings. The van der Waals surface area contributed by atoms with Crippen LogP contribution in [0.3, 0.4) is 0 Å². The number of carbonyl (C=O) groups excluding carboxylic acids is 2. The number of fused-ring (bicyclic) bond motifs is 1. The molecule has 0 N–H and O–H groups in total. The predicted molar refractivity (Wildman–Crippen MR) is 75.3 cm³/mol. The topological polar surface area (TPSA) is 96.3 Å². The Labute approximate surface area is 123 Å². The first-order valence-electron chi connectivity index (χ1n) is 6.49. The van der Waals surface area contributed by atoms with E-state index in [0.717, 1.165) is 6.26 Å². The van der Waals surface area contributed by atoms with Crippen LogP contribution < -0.4 is 0 Å². The van der Waals surface area contributed by atoms with E-state index in [1.165, 1.54) is 22.9 Å². The van der Waals surface area contributed by atoms with Gasteiger partial charge >= 0.3 is 12.0 Å². The minimum atomic E-state index is -3.51. The van der Waals surface area contributed by atoms with Crippen molar-refractivity contribution in [2.45, 2.75) is 13.3 Å². The molecule has 2 amide bonds. The Morgan fingerprint density at radius 3 is 2.81 bits per heavy atom. The highest BCUT2D eigenvalue weighted by Gasteiger charge is 2.36. The van der Waals surface area contributed by atoms with Gasteiger partial charge in [-0.15, -0.1) is 0 Å². The SMILES string of the molecule is CC(=O)OCCN1C=C(S(C)(=O)=O)C2=NCCCN2C1=O. The number of hydrogen-bond donors (Lipinski definition) is 0. The van der Waals surface area contributed by atoms with Crippen molar-refractivity contribution in [1.29, 1.82) is 0 Å². The molecule has 2 heterocycles. The van der Waals surface area contributed by atoms with Crippen molar-refractivity contribution in [1.82, 2.24) is 9.80 Å². The van der Waals surface area contributed by atoms with Gasteiger partial charge in [0.1, 0.15) is 11.5 Å². The normalized spacial score (nSPS) is 18.9. The molecule has 0 aromatic heterocycles. The van der Waals surface area contributed by atoms with Gasteiger partial charge in [-0.1, -0.05) is 0 Å². The van der Waals surface area contributed by atoms with E-state index in [0.29, 0.717) is 19.5 Å². The molecular formula is C12H17N3O5S. The van der Waals surface area contributed by atoms with Gasteiger partial charge in [0.15, 0.2) is 15.7 Å². The van der Waals surface area contributed by atoms with Gasteiger partial charge in [-0.2, -0.15) is 0 Å². The number of ether oxygens (including phenoxy) is 1. The summed E-state index contributed by atoms with van der Waals surface area (Å²) in [5, 5.41) is 0. The molecule has 21 heavy (non-hydrogen) atoms. The average molecular weight is 315 g/mol. The zero-order valence-corrected chi connectivity index (χ0v) is 12.7. The summed E-state index contributed by atoms with van der Waals surface area (Å²) in [4.78, 5) is 29.8. The fourth-order valence-electron chi connectivity index (χ4n) is 2.12. The fourth-order valence-corrected chi connectivity index (χ4v) is 2.95. The number of hydrogen-bond acceptors (Lipinski definition) is 6. The lowest BCUT2D eigenvalue weighted by Crippen LogP contribution is -2.52. The standard InChI is InChI=1S/C12H17N3O5S/c1-9(16)20-7-6-14-8-10(21(2,18)19)11-13-4-3-5-15(11)12(14)17/h8H,3-7H2,1-2H3. The number of rotatable bonds is 4. The number of esters is 1. The van der Waals surface area contributed by atoms with Crippen molar-refractivity contribution < 1.29 is 22.7 Å². The molecule has 9 heteroatoms. The van der Waals surface area contributed by atoms with Gasteiger partial charge in [-0.25, -0.2) is 13.2 Å². The Balaban J connectivity index is 2.29. The lowest BCUT2D eigenvalue weighted by molar-refractivity contribution is -0.141. The molecule has 2 aliphatic heterocycles. The summed E-state index contributed by atoms with van der Waals surface area (Å²) in [6.07, 6.45) is 3.03. The Bertz CT molecular complexity index is 623. The summed E-state index contributed by atoms with van der Waals surface area (Å²) in [6.45, 7) is 2.30. The van der Waals surface area contributed by atoms with Crippen LogP contribution in [0, 0.1) is 0 Å². The van der Waals surface area contributed by atoms with E-state index in [4.69, 9.17) is 4.74 Å². The monoisotopic (exact) mass is 315 g/mol. The molecule has 2 aliphatic rings. The van der Waals surface area contributed by atoms with Crippen LogP contribution >= 0.6 is 0 Å². The van der Waals surface area contributed by atoms with Crippen LogP contribution in [0.4, 0.5) is 4.79 Å². The van der Waals surface area contributed by atoms with E-state index in [1.54, 1.807) is 0 Å². The summed E-state index contributed by atoms with van der Waals surface area (Å²) >= 11 is 0.